The van der Waals surface area contributed by atoms with Crippen LogP contribution in [-0.2, 0) is 7.05 Å². The van der Waals surface area contributed by atoms with Crippen molar-refractivity contribution >= 4 is 27.5 Å². The number of ether oxygens (including phenoxy) is 1. The van der Waals surface area contributed by atoms with Gasteiger partial charge in [-0.3, -0.25) is 9.48 Å². The topological polar surface area (TPSA) is 56.1 Å². The van der Waals surface area contributed by atoms with Gasteiger partial charge in [-0.15, -0.1) is 0 Å². The highest BCUT2D eigenvalue weighted by atomic mass is 79.9. The molecule has 0 saturated heterocycles. The molecule has 94 valence electrons. The van der Waals surface area contributed by atoms with Crippen molar-refractivity contribution in [3.05, 3.63) is 40.6 Å². The molecule has 1 aromatic carbocycles. The van der Waals surface area contributed by atoms with Crippen LogP contribution in [0.3, 0.4) is 0 Å². The summed E-state index contributed by atoms with van der Waals surface area (Å²) in [5.41, 5.74) is 1.01. The van der Waals surface area contributed by atoms with Crippen molar-refractivity contribution < 1.29 is 9.53 Å². The molecule has 0 bridgehead atoms. The van der Waals surface area contributed by atoms with Crippen molar-refractivity contribution in [3.8, 4) is 5.75 Å². The Balaban J connectivity index is 2.21. The third-order valence-electron chi connectivity index (χ3n) is 2.37. The van der Waals surface area contributed by atoms with Gasteiger partial charge >= 0.3 is 0 Å². The Kier molecular flexibility index (Phi) is 3.66. The Morgan fingerprint density at radius 3 is 2.83 bits per heavy atom. The summed E-state index contributed by atoms with van der Waals surface area (Å²) in [4.78, 5) is 11.9. The van der Waals surface area contributed by atoms with Crippen LogP contribution < -0.4 is 10.1 Å². The first kappa shape index (κ1) is 12.6. The fourth-order valence-electron chi connectivity index (χ4n) is 1.45. The summed E-state index contributed by atoms with van der Waals surface area (Å²) in [7, 11) is 3.34. The monoisotopic (exact) mass is 309 g/mol. The van der Waals surface area contributed by atoms with Gasteiger partial charge in [-0.05, 0) is 34.1 Å². The van der Waals surface area contributed by atoms with Gasteiger partial charge in [-0.25, -0.2) is 0 Å². The number of nitrogens with zero attached hydrogens (tertiary/aromatic N) is 2. The number of anilines is 1. The molecule has 0 spiro atoms. The minimum Gasteiger partial charge on any atom is -0.497 e. The van der Waals surface area contributed by atoms with E-state index < -0.39 is 0 Å². The SMILES string of the molecule is COc1ccc(Br)c(NC(=O)c2ccn(C)n2)c1. The molecular weight excluding hydrogens is 298 g/mol. The molecule has 1 amide bonds. The predicted octanol–water partition coefficient (Wildman–Crippen LogP) is 2.44. The fraction of sp³-hybridized carbons (Fsp3) is 0.167. The zero-order valence-corrected chi connectivity index (χ0v) is 11.6. The minimum atomic E-state index is -0.260. The Bertz CT molecular complexity index is 580. The van der Waals surface area contributed by atoms with Crippen LogP contribution in [0.2, 0.25) is 0 Å². The molecule has 1 aromatic heterocycles. The Morgan fingerprint density at radius 2 is 2.22 bits per heavy atom. The number of rotatable bonds is 3. The summed E-state index contributed by atoms with van der Waals surface area (Å²) in [6.07, 6.45) is 1.72. The maximum Gasteiger partial charge on any atom is 0.276 e. The molecule has 0 saturated carbocycles. The summed E-state index contributed by atoms with van der Waals surface area (Å²) < 4.78 is 7.47. The highest BCUT2D eigenvalue weighted by Gasteiger charge is 2.11. The first-order valence-corrected chi connectivity index (χ1v) is 6.04. The predicted molar refractivity (Wildman–Crippen MR) is 71.9 cm³/mol. The normalized spacial score (nSPS) is 10.2. The van der Waals surface area contributed by atoms with Gasteiger partial charge in [0, 0.05) is 23.8 Å². The summed E-state index contributed by atoms with van der Waals surface area (Å²) in [5.74, 6) is 0.416. The van der Waals surface area contributed by atoms with E-state index in [0.29, 0.717) is 17.1 Å². The maximum atomic E-state index is 11.9. The van der Waals surface area contributed by atoms with Crippen molar-refractivity contribution in [1.29, 1.82) is 0 Å². The van der Waals surface area contributed by atoms with Crippen LogP contribution in [0.1, 0.15) is 10.5 Å². The van der Waals surface area contributed by atoms with Gasteiger partial charge in [0.15, 0.2) is 5.69 Å². The standard InChI is InChI=1S/C12H12BrN3O2/c1-16-6-5-10(15-16)12(17)14-11-7-8(18-2)3-4-9(11)13/h3-7H,1-2H3,(H,14,17). The number of carbonyl (C=O) groups is 1. The van der Waals surface area contributed by atoms with Gasteiger partial charge in [0.25, 0.3) is 5.91 Å². The molecule has 0 unspecified atom stereocenters. The molecule has 6 heteroatoms. The third-order valence-corrected chi connectivity index (χ3v) is 3.06. The second kappa shape index (κ2) is 5.22. The number of benzene rings is 1. The van der Waals surface area contributed by atoms with E-state index in [9.17, 15) is 4.79 Å². The molecule has 0 atom stereocenters. The number of methoxy groups -OCH3 is 1. The molecule has 18 heavy (non-hydrogen) atoms. The van der Waals surface area contributed by atoms with Gasteiger partial charge in [0.05, 0.1) is 12.8 Å². The molecule has 1 N–H and O–H groups in total. The van der Waals surface area contributed by atoms with Gasteiger partial charge in [0.2, 0.25) is 0 Å². The van der Waals surface area contributed by atoms with Crippen molar-refractivity contribution in [1.82, 2.24) is 9.78 Å². The first-order valence-electron chi connectivity index (χ1n) is 5.24. The second-order valence-corrected chi connectivity index (χ2v) is 4.53. The van der Waals surface area contributed by atoms with Crippen molar-refractivity contribution in [2.75, 3.05) is 12.4 Å². The Labute approximate surface area is 113 Å². The number of nitrogens with one attached hydrogen (secondary N) is 1. The molecule has 1 heterocycles. The van der Waals surface area contributed by atoms with Crippen LogP contribution in [-0.4, -0.2) is 22.8 Å². The number of hydrogen-bond donors (Lipinski definition) is 1. The lowest BCUT2D eigenvalue weighted by Gasteiger charge is -2.08. The van der Waals surface area contributed by atoms with E-state index in [-0.39, 0.29) is 5.91 Å². The molecular formula is C12H12BrN3O2. The van der Waals surface area contributed by atoms with E-state index in [1.54, 1.807) is 43.2 Å². The smallest absolute Gasteiger partial charge is 0.276 e. The van der Waals surface area contributed by atoms with E-state index in [4.69, 9.17) is 4.74 Å². The minimum absolute atomic E-state index is 0.260. The van der Waals surface area contributed by atoms with Gasteiger partial charge < -0.3 is 10.1 Å². The van der Waals surface area contributed by atoms with E-state index in [1.165, 1.54) is 0 Å². The van der Waals surface area contributed by atoms with Gasteiger partial charge in [-0.1, -0.05) is 0 Å². The van der Waals surface area contributed by atoms with Crippen LogP contribution in [0.25, 0.3) is 0 Å². The zero-order valence-electron chi connectivity index (χ0n) is 9.98. The van der Waals surface area contributed by atoms with Crippen LogP contribution in [0.5, 0.6) is 5.75 Å². The van der Waals surface area contributed by atoms with E-state index in [1.807, 2.05) is 6.07 Å². The largest absolute Gasteiger partial charge is 0.497 e. The summed E-state index contributed by atoms with van der Waals surface area (Å²) in [6, 6.07) is 7.02. The molecule has 0 aliphatic carbocycles. The van der Waals surface area contributed by atoms with Crippen molar-refractivity contribution in [2.45, 2.75) is 0 Å². The van der Waals surface area contributed by atoms with E-state index >= 15 is 0 Å². The number of aryl methyl sites for hydroxylation is 1. The summed E-state index contributed by atoms with van der Waals surface area (Å²) >= 11 is 3.37. The lowest BCUT2D eigenvalue weighted by Crippen LogP contribution is -2.13. The number of halogens is 1. The van der Waals surface area contributed by atoms with Gasteiger partial charge in [-0.2, -0.15) is 5.10 Å². The molecule has 0 aliphatic rings. The molecule has 5 nitrogen and oxygen atoms in total. The Hall–Kier alpha value is -1.82. The lowest BCUT2D eigenvalue weighted by molar-refractivity contribution is 0.102. The molecule has 0 aliphatic heterocycles. The van der Waals surface area contributed by atoms with E-state index in [2.05, 4.69) is 26.3 Å². The second-order valence-electron chi connectivity index (χ2n) is 3.67. The molecule has 0 fully saturated rings. The summed E-state index contributed by atoms with van der Waals surface area (Å²) in [5, 5.41) is 6.81. The van der Waals surface area contributed by atoms with Crippen LogP contribution in [0.15, 0.2) is 34.9 Å². The third kappa shape index (κ3) is 2.70. The number of carbonyl (C=O) groups excluding carboxylic acids is 1. The molecule has 0 radical (unpaired) electrons. The number of aromatic nitrogens is 2. The van der Waals surface area contributed by atoms with E-state index in [0.717, 1.165) is 4.47 Å². The Morgan fingerprint density at radius 1 is 1.44 bits per heavy atom. The van der Waals surface area contributed by atoms with Crippen LogP contribution in [0.4, 0.5) is 5.69 Å². The fourth-order valence-corrected chi connectivity index (χ4v) is 1.80. The average Bonchev–Trinajstić information content (AvgIpc) is 2.79. The molecule has 2 aromatic rings. The highest BCUT2D eigenvalue weighted by molar-refractivity contribution is 9.10. The van der Waals surface area contributed by atoms with Crippen LogP contribution in [0, 0.1) is 0 Å². The van der Waals surface area contributed by atoms with Gasteiger partial charge in [0.1, 0.15) is 5.75 Å². The quantitative estimate of drug-likeness (QED) is 0.947. The lowest BCUT2D eigenvalue weighted by atomic mass is 10.3. The van der Waals surface area contributed by atoms with Crippen molar-refractivity contribution in [2.24, 2.45) is 7.05 Å². The highest BCUT2D eigenvalue weighted by Crippen LogP contribution is 2.27. The first-order chi connectivity index (χ1) is 8.60. The van der Waals surface area contributed by atoms with Crippen LogP contribution >= 0.6 is 15.9 Å². The zero-order chi connectivity index (χ0) is 13.1. The number of hydrogen-bond acceptors (Lipinski definition) is 3. The maximum absolute atomic E-state index is 11.9. The summed E-state index contributed by atoms with van der Waals surface area (Å²) in [6.45, 7) is 0. The molecule has 2 rings (SSSR count). The number of amides is 1. The average molecular weight is 310 g/mol. The van der Waals surface area contributed by atoms with Crippen molar-refractivity contribution in [3.63, 3.8) is 0 Å².